The second-order valence-corrected chi connectivity index (χ2v) is 6.21. The molecule has 0 aliphatic heterocycles. The lowest BCUT2D eigenvalue weighted by atomic mass is 10.2. The molecule has 6 heteroatoms. The van der Waals surface area contributed by atoms with Crippen molar-refractivity contribution in [2.24, 2.45) is 0 Å². The highest BCUT2D eigenvalue weighted by Crippen LogP contribution is 2.19. The summed E-state index contributed by atoms with van der Waals surface area (Å²) in [6.45, 7) is 0.458. The van der Waals surface area contributed by atoms with Gasteiger partial charge in [-0.1, -0.05) is 0 Å². The number of nitrogens with one attached hydrogen (secondary N) is 1. The summed E-state index contributed by atoms with van der Waals surface area (Å²) in [5, 5.41) is 2.92. The van der Waals surface area contributed by atoms with Crippen LogP contribution < -0.4 is 5.32 Å². The molecule has 0 aliphatic rings. The molecule has 0 aliphatic carbocycles. The first-order valence-corrected chi connectivity index (χ1v) is 7.80. The third-order valence-corrected chi connectivity index (χ3v) is 3.91. The van der Waals surface area contributed by atoms with Gasteiger partial charge in [-0.25, -0.2) is 0 Å². The zero-order valence-corrected chi connectivity index (χ0v) is 14.4. The fourth-order valence-corrected chi connectivity index (χ4v) is 2.65. The van der Waals surface area contributed by atoms with Crippen LogP contribution >= 0.6 is 50.1 Å². The van der Waals surface area contributed by atoms with E-state index in [-0.39, 0.29) is 11.9 Å². The fourth-order valence-electron chi connectivity index (χ4n) is 1.46. The summed E-state index contributed by atoms with van der Waals surface area (Å²) in [6.07, 6.45) is 0.683. The molecule has 0 heterocycles. The molecule has 0 spiro atoms. The van der Waals surface area contributed by atoms with Gasteiger partial charge in [0.2, 0.25) is 0 Å². The minimum Gasteiger partial charge on any atom is -0.383 e. The number of ether oxygens (including phenoxy) is 1. The highest BCUT2D eigenvalue weighted by molar-refractivity contribution is 14.1. The van der Waals surface area contributed by atoms with Crippen LogP contribution in [0.5, 0.6) is 0 Å². The Morgan fingerprint density at radius 2 is 2.33 bits per heavy atom. The first kappa shape index (κ1) is 16.2. The van der Waals surface area contributed by atoms with E-state index in [1.165, 1.54) is 0 Å². The molecule has 1 aromatic rings. The fraction of sp³-hybridized carbons (Fsp3) is 0.417. The Bertz CT molecular complexity index is 411. The van der Waals surface area contributed by atoms with E-state index in [0.717, 1.165) is 8.04 Å². The summed E-state index contributed by atoms with van der Waals surface area (Å²) in [6, 6.07) is 5.57. The number of rotatable bonds is 6. The number of carbonyl (C=O) groups is 1. The quantitative estimate of drug-likeness (QED) is 0.537. The second kappa shape index (κ2) is 8.35. The van der Waals surface area contributed by atoms with E-state index in [2.05, 4.69) is 43.8 Å². The molecule has 0 bridgehead atoms. The van der Waals surface area contributed by atoms with E-state index >= 15 is 0 Å². The van der Waals surface area contributed by atoms with Crippen molar-refractivity contribution in [2.45, 2.75) is 12.5 Å². The van der Waals surface area contributed by atoms with Crippen molar-refractivity contribution in [3.8, 4) is 0 Å². The molecule has 3 nitrogen and oxygen atoms in total. The molecule has 1 amide bonds. The van der Waals surface area contributed by atoms with Crippen molar-refractivity contribution >= 4 is 56.0 Å². The van der Waals surface area contributed by atoms with Crippen molar-refractivity contribution in [1.29, 1.82) is 0 Å². The lowest BCUT2D eigenvalue weighted by Gasteiger charge is -2.17. The summed E-state index contributed by atoms with van der Waals surface area (Å²) in [4.78, 5) is 12.1. The van der Waals surface area contributed by atoms with Gasteiger partial charge in [-0.3, -0.25) is 4.79 Å². The van der Waals surface area contributed by atoms with Crippen LogP contribution in [0.3, 0.4) is 0 Å². The Labute approximate surface area is 134 Å². The van der Waals surface area contributed by atoms with Crippen molar-refractivity contribution in [3.05, 3.63) is 31.8 Å². The number of alkyl halides is 1. The van der Waals surface area contributed by atoms with Crippen LogP contribution in [0.1, 0.15) is 16.8 Å². The number of amides is 1. The Hall–Kier alpha value is 0.150. The summed E-state index contributed by atoms with van der Waals surface area (Å²) in [5.41, 5.74) is 0.623. The predicted molar refractivity (Wildman–Crippen MR) is 85.3 cm³/mol. The van der Waals surface area contributed by atoms with Gasteiger partial charge in [-0.15, -0.1) is 11.6 Å². The third-order valence-electron chi connectivity index (χ3n) is 2.33. The maximum atomic E-state index is 12.1. The molecule has 0 fully saturated rings. The van der Waals surface area contributed by atoms with Gasteiger partial charge < -0.3 is 10.1 Å². The number of benzene rings is 1. The van der Waals surface area contributed by atoms with Gasteiger partial charge in [0.25, 0.3) is 5.91 Å². The van der Waals surface area contributed by atoms with Crippen molar-refractivity contribution in [2.75, 3.05) is 19.6 Å². The monoisotopic (exact) mass is 445 g/mol. The molecular formula is C12H14BrClINO2. The molecule has 1 rings (SSSR count). The number of methoxy groups -OCH3 is 1. The molecule has 1 aromatic carbocycles. The van der Waals surface area contributed by atoms with Crippen LogP contribution in [0.2, 0.25) is 0 Å². The zero-order chi connectivity index (χ0) is 13.5. The van der Waals surface area contributed by atoms with Gasteiger partial charge in [0.15, 0.2) is 0 Å². The molecule has 0 aromatic heterocycles. The van der Waals surface area contributed by atoms with Crippen LogP contribution in [0.4, 0.5) is 0 Å². The third kappa shape index (κ3) is 5.03. The normalized spacial score (nSPS) is 12.2. The van der Waals surface area contributed by atoms with Crippen LogP contribution in [0.15, 0.2) is 22.7 Å². The van der Waals surface area contributed by atoms with Gasteiger partial charge in [-0.05, 0) is 63.1 Å². The number of hydrogen-bond acceptors (Lipinski definition) is 2. The standard InChI is InChI=1S/C12H14BrClINO2/c1-18-7-9(4-5-14)16-12(17)10-6-8(15)2-3-11(10)13/h2-3,6,9H,4-5,7H2,1H3,(H,16,17). The van der Waals surface area contributed by atoms with E-state index in [1.807, 2.05) is 18.2 Å². The molecule has 0 saturated carbocycles. The van der Waals surface area contributed by atoms with Gasteiger partial charge in [-0.2, -0.15) is 0 Å². The Kier molecular flexibility index (Phi) is 7.51. The van der Waals surface area contributed by atoms with E-state index in [0.29, 0.717) is 24.5 Å². The van der Waals surface area contributed by atoms with E-state index in [4.69, 9.17) is 16.3 Å². The van der Waals surface area contributed by atoms with E-state index in [9.17, 15) is 4.79 Å². The van der Waals surface area contributed by atoms with Crippen molar-refractivity contribution in [3.63, 3.8) is 0 Å². The van der Waals surface area contributed by atoms with Gasteiger partial charge >= 0.3 is 0 Å². The number of halogens is 3. The van der Waals surface area contributed by atoms with Gasteiger partial charge in [0.05, 0.1) is 18.2 Å². The lowest BCUT2D eigenvalue weighted by molar-refractivity contribution is 0.0894. The molecule has 1 N–H and O–H groups in total. The predicted octanol–water partition coefficient (Wildman–Crippen LogP) is 3.43. The first-order valence-electron chi connectivity index (χ1n) is 5.39. The highest BCUT2D eigenvalue weighted by Gasteiger charge is 2.15. The average molecular weight is 447 g/mol. The second-order valence-electron chi connectivity index (χ2n) is 3.73. The summed E-state index contributed by atoms with van der Waals surface area (Å²) in [5.74, 6) is 0.370. The minimum atomic E-state index is -0.118. The van der Waals surface area contributed by atoms with Gasteiger partial charge in [0.1, 0.15) is 0 Å². The number of hydrogen-bond donors (Lipinski definition) is 1. The Balaban J connectivity index is 2.76. The molecule has 1 unspecified atom stereocenters. The van der Waals surface area contributed by atoms with Crippen molar-refractivity contribution < 1.29 is 9.53 Å². The van der Waals surface area contributed by atoms with Crippen LogP contribution in [-0.2, 0) is 4.74 Å². The molecular weight excluding hydrogens is 432 g/mol. The highest BCUT2D eigenvalue weighted by atomic mass is 127. The van der Waals surface area contributed by atoms with Crippen molar-refractivity contribution in [1.82, 2.24) is 5.32 Å². The summed E-state index contributed by atoms with van der Waals surface area (Å²) < 4.78 is 6.86. The smallest absolute Gasteiger partial charge is 0.252 e. The Morgan fingerprint density at radius 1 is 1.61 bits per heavy atom. The number of carbonyl (C=O) groups excluding carboxylic acids is 1. The summed E-state index contributed by atoms with van der Waals surface area (Å²) in [7, 11) is 1.61. The first-order chi connectivity index (χ1) is 8.58. The maximum Gasteiger partial charge on any atom is 0.252 e. The van der Waals surface area contributed by atoms with Crippen LogP contribution in [0.25, 0.3) is 0 Å². The average Bonchev–Trinajstić information content (AvgIpc) is 2.33. The van der Waals surface area contributed by atoms with Crippen LogP contribution in [0, 0.1) is 3.57 Å². The topological polar surface area (TPSA) is 38.3 Å². The minimum absolute atomic E-state index is 0.0650. The molecule has 100 valence electrons. The lowest BCUT2D eigenvalue weighted by Crippen LogP contribution is -2.38. The van der Waals surface area contributed by atoms with Crippen LogP contribution in [-0.4, -0.2) is 31.5 Å². The van der Waals surface area contributed by atoms with E-state index < -0.39 is 0 Å². The molecule has 0 radical (unpaired) electrons. The molecule has 1 atom stereocenters. The zero-order valence-electron chi connectivity index (χ0n) is 9.88. The SMILES string of the molecule is COCC(CCCl)NC(=O)c1cc(I)ccc1Br. The molecule has 18 heavy (non-hydrogen) atoms. The largest absolute Gasteiger partial charge is 0.383 e. The maximum absolute atomic E-state index is 12.1. The molecule has 0 saturated heterocycles. The Morgan fingerprint density at radius 3 is 2.94 bits per heavy atom. The van der Waals surface area contributed by atoms with E-state index in [1.54, 1.807) is 7.11 Å². The summed E-state index contributed by atoms with van der Waals surface area (Å²) >= 11 is 11.3. The van der Waals surface area contributed by atoms with Gasteiger partial charge in [0, 0.05) is 21.0 Å².